The first-order valence-electron chi connectivity index (χ1n) is 6.39. The number of hydrogen-bond acceptors (Lipinski definition) is 6. The zero-order valence-electron chi connectivity index (χ0n) is 12.3. The van der Waals surface area contributed by atoms with Crippen molar-refractivity contribution in [2.24, 2.45) is 0 Å². The summed E-state index contributed by atoms with van der Waals surface area (Å²) in [7, 11) is 0. The van der Waals surface area contributed by atoms with Gasteiger partial charge in [-0.3, -0.25) is 29.0 Å². The molecule has 0 spiro atoms. The number of carboxylic acids is 4. The normalized spacial score (nSPS) is 13.8. The molecule has 0 heterocycles. The van der Waals surface area contributed by atoms with Crippen LogP contribution in [0.3, 0.4) is 0 Å². The van der Waals surface area contributed by atoms with Crippen LogP contribution in [0, 0.1) is 0 Å². The smallest absolute Gasteiger partial charge is 0.317 e. The Morgan fingerprint density at radius 3 is 0.955 bits per heavy atom. The van der Waals surface area contributed by atoms with Gasteiger partial charge in [0, 0.05) is 12.1 Å². The standard InChI is InChI=1S/C12H20N2O8/c1-7(13(3-9(15)16)4-10(17)18)8(2)14(5-11(19)20)6-12(21)22/h7-8H,3-6H2,1-2H3,(H,15,16)(H,17,18)(H,19,20)(H,21,22)/t7-,8-/m1/s1. The van der Waals surface area contributed by atoms with Crippen molar-refractivity contribution in [1.29, 1.82) is 0 Å². The Bertz CT molecular complexity index is 367. The molecule has 0 aromatic heterocycles. The lowest BCUT2D eigenvalue weighted by molar-refractivity contribution is -0.147. The van der Waals surface area contributed by atoms with Crippen LogP contribution in [0.2, 0.25) is 0 Å². The van der Waals surface area contributed by atoms with Crippen LogP contribution < -0.4 is 0 Å². The topological polar surface area (TPSA) is 156 Å². The van der Waals surface area contributed by atoms with Gasteiger partial charge < -0.3 is 20.4 Å². The molecule has 0 radical (unpaired) electrons. The van der Waals surface area contributed by atoms with E-state index in [1.165, 1.54) is 13.8 Å². The molecule has 10 nitrogen and oxygen atoms in total. The van der Waals surface area contributed by atoms with Crippen molar-refractivity contribution >= 4 is 23.9 Å². The molecule has 0 aliphatic carbocycles. The Balaban J connectivity index is 5.13. The molecular weight excluding hydrogens is 300 g/mol. The SMILES string of the molecule is C[C@H]([C@@H](C)N(CC(=O)O)CC(=O)O)N(CC(=O)O)CC(=O)O. The number of carbonyl (C=O) groups is 4. The molecule has 0 fully saturated rings. The molecule has 22 heavy (non-hydrogen) atoms. The molecule has 0 unspecified atom stereocenters. The van der Waals surface area contributed by atoms with Gasteiger partial charge in [0.15, 0.2) is 0 Å². The minimum atomic E-state index is -1.23. The maximum absolute atomic E-state index is 10.8. The molecule has 0 aliphatic heterocycles. The first kappa shape index (κ1) is 19.8. The summed E-state index contributed by atoms with van der Waals surface area (Å²) < 4.78 is 0. The van der Waals surface area contributed by atoms with E-state index in [9.17, 15) is 19.2 Å². The van der Waals surface area contributed by atoms with E-state index in [0.717, 1.165) is 9.80 Å². The number of rotatable bonds is 11. The maximum atomic E-state index is 10.8. The van der Waals surface area contributed by atoms with Crippen LogP contribution in [0.5, 0.6) is 0 Å². The third-order valence-corrected chi connectivity index (χ3v) is 3.20. The molecule has 0 rings (SSSR count). The van der Waals surface area contributed by atoms with Gasteiger partial charge in [-0.1, -0.05) is 0 Å². The van der Waals surface area contributed by atoms with Crippen molar-refractivity contribution in [3.63, 3.8) is 0 Å². The molecule has 4 N–H and O–H groups in total. The van der Waals surface area contributed by atoms with Gasteiger partial charge >= 0.3 is 23.9 Å². The van der Waals surface area contributed by atoms with Gasteiger partial charge in [0.2, 0.25) is 0 Å². The van der Waals surface area contributed by atoms with E-state index >= 15 is 0 Å². The summed E-state index contributed by atoms with van der Waals surface area (Å²) in [5, 5.41) is 35.3. The van der Waals surface area contributed by atoms with E-state index in [1.54, 1.807) is 0 Å². The lowest BCUT2D eigenvalue weighted by atomic mass is 10.1. The Morgan fingerprint density at radius 1 is 0.636 bits per heavy atom. The Kier molecular flexibility index (Phi) is 8.05. The van der Waals surface area contributed by atoms with E-state index in [2.05, 4.69) is 0 Å². The van der Waals surface area contributed by atoms with Crippen molar-refractivity contribution in [3.8, 4) is 0 Å². The third kappa shape index (κ3) is 7.55. The molecule has 0 saturated heterocycles. The minimum absolute atomic E-state index is 0.550. The fourth-order valence-corrected chi connectivity index (χ4v) is 1.99. The van der Waals surface area contributed by atoms with Crippen molar-refractivity contribution in [3.05, 3.63) is 0 Å². The molecule has 2 atom stereocenters. The van der Waals surface area contributed by atoms with Crippen molar-refractivity contribution in [2.75, 3.05) is 26.2 Å². The first-order chi connectivity index (χ1) is 10.0. The van der Waals surface area contributed by atoms with Crippen LogP contribution in [0.4, 0.5) is 0 Å². The summed E-state index contributed by atoms with van der Waals surface area (Å²) in [6, 6.07) is -1.35. The van der Waals surface area contributed by atoms with Crippen LogP contribution >= 0.6 is 0 Å². The molecule has 126 valence electrons. The Hall–Kier alpha value is -2.20. The summed E-state index contributed by atoms with van der Waals surface area (Å²) in [4.78, 5) is 45.5. The molecule has 0 saturated carbocycles. The summed E-state index contributed by atoms with van der Waals surface area (Å²) >= 11 is 0. The van der Waals surface area contributed by atoms with Gasteiger partial charge in [0.1, 0.15) is 0 Å². The highest BCUT2D eigenvalue weighted by Gasteiger charge is 2.29. The van der Waals surface area contributed by atoms with Gasteiger partial charge in [-0.25, -0.2) is 0 Å². The van der Waals surface area contributed by atoms with Gasteiger partial charge in [-0.15, -0.1) is 0 Å². The lowest BCUT2D eigenvalue weighted by Crippen LogP contribution is -2.53. The van der Waals surface area contributed by atoms with Crippen LogP contribution in [0.25, 0.3) is 0 Å². The lowest BCUT2D eigenvalue weighted by Gasteiger charge is -2.36. The van der Waals surface area contributed by atoms with Crippen LogP contribution in [-0.4, -0.2) is 92.4 Å². The second-order valence-electron chi connectivity index (χ2n) is 4.87. The van der Waals surface area contributed by atoms with Crippen molar-refractivity contribution in [2.45, 2.75) is 25.9 Å². The Morgan fingerprint density at radius 2 is 0.818 bits per heavy atom. The number of hydrogen-bond donors (Lipinski definition) is 4. The molecule has 0 aromatic carbocycles. The Labute approximate surface area is 126 Å². The van der Waals surface area contributed by atoms with E-state index in [-0.39, 0.29) is 0 Å². The van der Waals surface area contributed by atoms with Gasteiger partial charge in [0.25, 0.3) is 0 Å². The summed E-state index contributed by atoms with van der Waals surface area (Å²) in [6.07, 6.45) is 0. The quantitative estimate of drug-likeness (QED) is 0.361. The fraction of sp³-hybridized carbons (Fsp3) is 0.667. The monoisotopic (exact) mass is 320 g/mol. The second kappa shape index (κ2) is 8.95. The zero-order valence-corrected chi connectivity index (χ0v) is 12.3. The van der Waals surface area contributed by atoms with E-state index in [0.29, 0.717) is 0 Å². The molecule has 10 heteroatoms. The predicted octanol–water partition coefficient (Wildman–Crippen LogP) is -1.29. The average Bonchev–Trinajstić information content (AvgIpc) is 2.33. The maximum Gasteiger partial charge on any atom is 0.317 e. The number of aliphatic carboxylic acids is 4. The summed E-state index contributed by atoms with van der Waals surface area (Å²) in [6.45, 7) is 0.843. The zero-order chi connectivity index (χ0) is 17.4. The molecule has 0 amide bonds. The molecule has 0 aromatic rings. The predicted molar refractivity (Wildman–Crippen MR) is 72.6 cm³/mol. The average molecular weight is 320 g/mol. The van der Waals surface area contributed by atoms with Gasteiger partial charge in [-0.05, 0) is 13.8 Å². The van der Waals surface area contributed by atoms with E-state index in [4.69, 9.17) is 20.4 Å². The van der Waals surface area contributed by atoms with Crippen molar-refractivity contribution < 1.29 is 39.6 Å². The van der Waals surface area contributed by atoms with Crippen LogP contribution in [0.1, 0.15) is 13.8 Å². The molecule has 0 bridgehead atoms. The summed E-state index contributed by atoms with van der Waals surface area (Å²) in [5.74, 6) is -4.93. The number of nitrogens with zero attached hydrogens (tertiary/aromatic N) is 2. The molecular formula is C12H20N2O8. The highest BCUT2D eigenvalue weighted by Crippen LogP contribution is 2.11. The fourth-order valence-electron chi connectivity index (χ4n) is 1.99. The van der Waals surface area contributed by atoms with Crippen LogP contribution in [0.15, 0.2) is 0 Å². The largest absolute Gasteiger partial charge is 0.480 e. The van der Waals surface area contributed by atoms with Gasteiger partial charge in [-0.2, -0.15) is 0 Å². The second-order valence-corrected chi connectivity index (χ2v) is 4.87. The van der Waals surface area contributed by atoms with Crippen molar-refractivity contribution in [1.82, 2.24) is 9.80 Å². The highest BCUT2D eigenvalue weighted by atomic mass is 16.4. The highest BCUT2D eigenvalue weighted by molar-refractivity contribution is 5.73. The van der Waals surface area contributed by atoms with Crippen LogP contribution in [-0.2, 0) is 19.2 Å². The third-order valence-electron chi connectivity index (χ3n) is 3.20. The molecule has 0 aliphatic rings. The van der Waals surface area contributed by atoms with Gasteiger partial charge in [0.05, 0.1) is 26.2 Å². The van der Waals surface area contributed by atoms with E-state index < -0.39 is 62.1 Å². The van der Waals surface area contributed by atoms with E-state index in [1.807, 2.05) is 0 Å². The number of carboxylic acid groups (broad SMARTS) is 4. The first-order valence-corrected chi connectivity index (χ1v) is 6.39. The summed E-state index contributed by atoms with van der Waals surface area (Å²) in [5.41, 5.74) is 0. The minimum Gasteiger partial charge on any atom is -0.480 e.